The van der Waals surface area contributed by atoms with Crippen LogP contribution in [0, 0.1) is 5.92 Å². The zero-order valence-corrected chi connectivity index (χ0v) is 13.3. The first-order chi connectivity index (χ1) is 10.1. The van der Waals surface area contributed by atoms with Crippen LogP contribution in [-0.4, -0.2) is 27.4 Å². The van der Waals surface area contributed by atoms with Gasteiger partial charge in [-0.15, -0.1) is 0 Å². The van der Waals surface area contributed by atoms with Gasteiger partial charge in [0.15, 0.2) is 0 Å². The van der Waals surface area contributed by atoms with Crippen LogP contribution in [0.4, 0.5) is 0 Å². The molecule has 0 aliphatic heterocycles. The normalized spacial score (nSPS) is 13.7. The van der Waals surface area contributed by atoms with Crippen LogP contribution >= 0.6 is 15.9 Å². The maximum Gasteiger partial charge on any atom is 0.242 e. The predicted octanol–water partition coefficient (Wildman–Crippen LogP) is 2.13. The van der Waals surface area contributed by atoms with Gasteiger partial charge in [-0.05, 0) is 23.8 Å². The van der Waals surface area contributed by atoms with Crippen molar-refractivity contribution in [1.82, 2.24) is 15.1 Å². The number of rotatable bonds is 6. The van der Waals surface area contributed by atoms with E-state index in [1.807, 2.05) is 31.2 Å². The highest BCUT2D eigenvalue weighted by Crippen LogP contribution is 2.23. The number of benzene rings is 1. The van der Waals surface area contributed by atoms with Gasteiger partial charge in [0.2, 0.25) is 5.91 Å². The molecule has 2 atom stereocenters. The van der Waals surface area contributed by atoms with Crippen LogP contribution in [0.5, 0.6) is 0 Å². The second-order valence-electron chi connectivity index (χ2n) is 4.96. The monoisotopic (exact) mass is 351 g/mol. The van der Waals surface area contributed by atoms with Crippen molar-refractivity contribution in [2.45, 2.75) is 19.5 Å². The second-order valence-corrected chi connectivity index (χ2v) is 5.88. The lowest BCUT2D eigenvalue weighted by Crippen LogP contribution is -2.36. The van der Waals surface area contributed by atoms with Crippen molar-refractivity contribution < 1.29 is 9.90 Å². The summed E-state index contributed by atoms with van der Waals surface area (Å²) in [7, 11) is 0. The predicted molar refractivity (Wildman–Crippen MR) is 83.5 cm³/mol. The van der Waals surface area contributed by atoms with Crippen LogP contribution in [0.15, 0.2) is 47.2 Å². The number of aliphatic hydroxyl groups excluding tert-OH is 1. The first-order valence-electron chi connectivity index (χ1n) is 6.73. The van der Waals surface area contributed by atoms with Crippen LogP contribution in [-0.2, 0) is 11.3 Å². The van der Waals surface area contributed by atoms with Gasteiger partial charge in [0, 0.05) is 29.4 Å². The number of aliphatic hydroxyl groups is 1. The largest absolute Gasteiger partial charge is 0.396 e. The van der Waals surface area contributed by atoms with Gasteiger partial charge in [0.1, 0.15) is 6.54 Å². The van der Waals surface area contributed by atoms with Gasteiger partial charge < -0.3 is 10.4 Å². The van der Waals surface area contributed by atoms with Crippen molar-refractivity contribution in [1.29, 1.82) is 0 Å². The average molecular weight is 352 g/mol. The quantitative estimate of drug-likeness (QED) is 0.837. The van der Waals surface area contributed by atoms with E-state index in [9.17, 15) is 9.90 Å². The molecule has 0 aliphatic rings. The van der Waals surface area contributed by atoms with Gasteiger partial charge in [-0.1, -0.05) is 35.0 Å². The van der Waals surface area contributed by atoms with E-state index < -0.39 is 0 Å². The van der Waals surface area contributed by atoms with Crippen LogP contribution in [0.2, 0.25) is 0 Å². The van der Waals surface area contributed by atoms with Gasteiger partial charge in [-0.3, -0.25) is 9.48 Å². The molecule has 0 radical (unpaired) electrons. The van der Waals surface area contributed by atoms with Crippen molar-refractivity contribution in [2.24, 2.45) is 5.92 Å². The molecule has 5 nitrogen and oxygen atoms in total. The summed E-state index contributed by atoms with van der Waals surface area (Å²) in [4.78, 5) is 12.1. The average Bonchev–Trinajstić information content (AvgIpc) is 2.98. The van der Waals surface area contributed by atoms with Crippen LogP contribution < -0.4 is 5.32 Å². The fourth-order valence-corrected chi connectivity index (χ4v) is 2.35. The van der Waals surface area contributed by atoms with Crippen LogP contribution in [0.3, 0.4) is 0 Å². The fraction of sp³-hybridized carbons (Fsp3) is 0.333. The SMILES string of the molecule is C[C@H](CO)[C@H](NC(=O)Cn1cccn1)c1ccc(Br)cc1. The smallest absolute Gasteiger partial charge is 0.242 e. The third kappa shape index (κ3) is 4.41. The Morgan fingerprint density at radius 2 is 2.14 bits per heavy atom. The molecule has 1 amide bonds. The molecule has 0 fully saturated rings. The van der Waals surface area contributed by atoms with E-state index in [0.29, 0.717) is 0 Å². The minimum absolute atomic E-state index is 0.00276. The van der Waals surface area contributed by atoms with Crippen molar-refractivity contribution in [3.63, 3.8) is 0 Å². The minimum Gasteiger partial charge on any atom is -0.396 e. The van der Waals surface area contributed by atoms with Gasteiger partial charge in [0.25, 0.3) is 0 Å². The number of carbonyl (C=O) groups excluding carboxylic acids is 1. The molecule has 0 aliphatic carbocycles. The standard InChI is InChI=1S/C15H18BrN3O2/c1-11(10-20)15(12-3-5-13(16)6-4-12)18-14(21)9-19-8-2-7-17-19/h2-8,11,15,20H,9-10H2,1H3,(H,18,21)/t11-,15+/m1/s1. The zero-order valence-electron chi connectivity index (χ0n) is 11.7. The summed E-state index contributed by atoms with van der Waals surface area (Å²) in [5, 5.41) is 16.4. The molecule has 6 heteroatoms. The fourth-order valence-electron chi connectivity index (χ4n) is 2.09. The second kappa shape index (κ2) is 7.38. The third-order valence-electron chi connectivity index (χ3n) is 3.27. The zero-order chi connectivity index (χ0) is 15.2. The van der Waals surface area contributed by atoms with Crippen molar-refractivity contribution in [2.75, 3.05) is 6.61 Å². The molecule has 2 aromatic rings. The number of hydrogen-bond acceptors (Lipinski definition) is 3. The number of carbonyl (C=O) groups is 1. The lowest BCUT2D eigenvalue weighted by atomic mass is 9.95. The number of hydrogen-bond donors (Lipinski definition) is 2. The summed E-state index contributed by atoms with van der Waals surface area (Å²) in [5.74, 6) is -0.209. The summed E-state index contributed by atoms with van der Waals surface area (Å²) < 4.78 is 2.54. The van der Waals surface area contributed by atoms with Gasteiger partial charge >= 0.3 is 0 Å². The first kappa shape index (κ1) is 15.7. The number of amides is 1. The molecule has 1 aromatic heterocycles. The highest BCUT2D eigenvalue weighted by Gasteiger charge is 2.21. The summed E-state index contributed by atoms with van der Waals surface area (Å²) in [5.41, 5.74) is 0.966. The summed E-state index contributed by atoms with van der Waals surface area (Å²) in [6, 6.07) is 9.27. The summed E-state index contributed by atoms with van der Waals surface area (Å²) in [6.07, 6.45) is 3.37. The van der Waals surface area contributed by atoms with E-state index in [-0.39, 0.29) is 31.0 Å². The van der Waals surface area contributed by atoms with E-state index in [2.05, 4.69) is 26.3 Å². The molecular weight excluding hydrogens is 334 g/mol. The summed E-state index contributed by atoms with van der Waals surface area (Å²) in [6.45, 7) is 2.07. The Hall–Kier alpha value is -1.66. The Labute approximate surface area is 132 Å². The van der Waals surface area contributed by atoms with Gasteiger partial charge in [-0.2, -0.15) is 5.10 Å². The molecule has 112 valence electrons. The highest BCUT2D eigenvalue weighted by molar-refractivity contribution is 9.10. The molecule has 0 spiro atoms. The molecule has 1 aromatic carbocycles. The first-order valence-corrected chi connectivity index (χ1v) is 7.52. The lowest BCUT2D eigenvalue weighted by Gasteiger charge is -2.24. The number of nitrogens with zero attached hydrogens (tertiary/aromatic N) is 2. The molecule has 0 unspecified atom stereocenters. The van der Waals surface area contributed by atoms with Crippen LogP contribution in [0.25, 0.3) is 0 Å². The van der Waals surface area contributed by atoms with E-state index in [4.69, 9.17) is 0 Å². The van der Waals surface area contributed by atoms with E-state index in [1.54, 1.807) is 23.1 Å². The Bertz CT molecular complexity index is 569. The molecule has 21 heavy (non-hydrogen) atoms. The van der Waals surface area contributed by atoms with Crippen molar-refractivity contribution in [3.05, 3.63) is 52.8 Å². The molecular formula is C15H18BrN3O2. The van der Waals surface area contributed by atoms with Gasteiger partial charge in [-0.25, -0.2) is 0 Å². The van der Waals surface area contributed by atoms with Crippen LogP contribution in [0.1, 0.15) is 18.5 Å². The molecule has 1 heterocycles. The van der Waals surface area contributed by atoms with E-state index in [1.165, 1.54) is 0 Å². The topological polar surface area (TPSA) is 67.2 Å². The number of halogens is 1. The number of nitrogens with one attached hydrogen (secondary N) is 1. The molecule has 0 saturated heterocycles. The van der Waals surface area contributed by atoms with E-state index >= 15 is 0 Å². The highest BCUT2D eigenvalue weighted by atomic mass is 79.9. The Morgan fingerprint density at radius 1 is 1.43 bits per heavy atom. The molecule has 2 rings (SSSR count). The van der Waals surface area contributed by atoms with Crippen molar-refractivity contribution in [3.8, 4) is 0 Å². The molecule has 2 N–H and O–H groups in total. The Balaban J connectivity index is 2.09. The Kier molecular flexibility index (Phi) is 5.52. The van der Waals surface area contributed by atoms with Gasteiger partial charge in [0.05, 0.1) is 6.04 Å². The van der Waals surface area contributed by atoms with E-state index in [0.717, 1.165) is 10.0 Å². The summed E-state index contributed by atoms with van der Waals surface area (Å²) >= 11 is 3.39. The molecule has 0 saturated carbocycles. The maximum atomic E-state index is 12.1. The lowest BCUT2D eigenvalue weighted by molar-refractivity contribution is -0.123. The van der Waals surface area contributed by atoms with Crippen molar-refractivity contribution >= 4 is 21.8 Å². The number of aromatic nitrogens is 2. The third-order valence-corrected chi connectivity index (χ3v) is 3.80. The molecule has 0 bridgehead atoms. The maximum absolute atomic E-state index is 12.1. The minimum atomic E-state index is -0.230. The Morgan fingerprint density at radius 3 is 2.71 bits per heavy atom.